The highest BCUT2D eigenvalue weighted by molar-refractivity contribution is 5.85. The quantitative estimate of drug-likeness (QED) is 0.511. The Morgan fingerprint density at radius 2 is 1.81 bits per heavy atom. The Labute approximate surface area is 147 Å². The number of carbonyl (C=O) groups is 1. The van der Waals surface area contributed by atoms with Gasteiger partial charge in [-0.1, -0.05) is 48.5 Å². The molecule has 0 atom stereocenters. The number of aromatic nitrogens is 6. The normalized spacial score (nSPS) is 10.8. The molecule has 26 heavy (non-hydrogen) atoms. The molecule has 0 fully saturated rings. The maximum absolute atomic E-state index is 10.9. The van der Waals surface area contributed by atoms with Crippen LogP contribution in [0.4, 0.5) is 0 Å². The van der Waals surface area contributed by atoms with Gasteiger partial charge in [0.25, 0.3) is 0 Å². The summed E-state index contributed by atoms with van der Waals surface area (Å²) in [6, 6.07) is 15.9. The Morgan fingerprint density at radius 1 is 1.04 bits per heavy atom. The van der Waals surface area contributed by atoms with E-state index in [0.29, 0.717) is 18.1 Å². The second kappa shape index (κ2) is 6.60. The molecule has 0 amide bonds. The summed E-state index contributed by atoms with van der Waals surface area (Å²) in [5.74, 6) is 0.186. The van der Waals surface area contributed by atoms with Crippen LogP contribution in [0.3, 0.4) is 0 Å². The first-order valence-corrected chi connectivity index (χ1v) is 7.91. The van der Waals surface area contributed by atoms with Crippen LogP contribution in [-0.2, 0) is 6.42 Å². The van der Waals surface area contributed by atoms with Crippen molar-refractivity contribution in [3.63, 3.8) is 0 Å². The van der Waals surface area contributed by atoms with E-state index in [1.54, 1.807) is 0 Å². The van der Waals surface area contributed by atoms with E-state index in [-0.39, 0.29) is 5.69 Å². The number of imidazole rings is 1. The lowest BCUT2D eigenvalue weighted by Gasteiger charge is -2.08. The van der Waals surface area contributed by atoms with Gasteiger partial charge in [-0.2, -0.15) is 0 Å². The zero-order valence-corrected chi connectivity index (χ0v) is 13.5. The molecule has 0 aliphatic heterocycles. The molecule has 128 valence electrons. The average Bonchev–Trinajstić information content (AvgIpc) is 3.34. The molecule has 0 saturated heterocycles. The van der Waals surface area contributed by atoms with Crippen molar-refractivity contribution in [3.8, 4) is 22.5 Å². The summed E-state index contributed by atoms with van der Waals surface area (Å²) in [4.78, 5) is 17.8. The van der Waals surface area contributed by atoms with Gasteiger partial charge < -0.3 is 10.1 Å². The fourth-order valence-electron chi connectivity index (χ4n) is 2.77. The van der Waals surface area contributed by atoms with E-state index < -0.39 is 5.97 Å². The minimum Gasteiger partial charge on any atom is -0.476 e. The van der Waals surface area contributed by atoms with Gasteiger partial charge in [-0.15, -0.1) is 5.10 Å². The van der Waals surface area contributed by atoms with Gasteiger partial charge in [-0.25, -0.2) is 14.9 Å². The number of aromatic carboxylic acids is 1. The molecule has 8 nitrogen and oxygen atoms in total. The summed E-state index contributed by atoms with van der Waals surface area (Å²) in [7, 11) is 0. The predicted molar refractivity (Wildman–Crippen MR) is 93.4 cm³/mol. The third kappa shape index (κ3) is 3.07. The molecule has 0 unspecified atom stereocenters. The second-order valence-corrected chi connectivity index (χ2v) is 5.71. The van der Waals surface area contributed by atoms with Crippen LogP contribution >= 0.6 is 0 Å². The monoisotopic (exact) mass is 346 g/mol. The average molecular weight is 346 g/mol. The second-order valence-electron chi connectivity index (χ2n) is 5.71. The fourth-order valence-corrected chi connectivity index (χ4v) is 2.77. The van der Waals surface area contributed by atoms with E-state index in [2.05, 4.69) is 30.6 Å². The van der Waals surface area contributed by atoms with Crippen molar-refractivity contribution in [2.75, 3.05) is 0 Å². The Hall–Kier alpha value is -3.81. The van der Waals surface area contributed by atoms with Crippen molar-refractivity contribution in [3.05, 3.63) is 71.8 Å². The molecule has 2 aromatic heterocycles. The molecule has 2 heterocycles. The van der Waals surface area contributed by atoms with Gasteiger partial charge in [0.1, 0.15) is 5.82 Å². The number of carboxylic acids is 1. The van der Waals surface area contributed by atoms with Gasteiger partial charge in [0.15, 0.2) is 11.5 Å². The summed E-state index contributed by atoms with van der Waals surface area (Å²) in [5.41, 5.74) is 4.02. The predicted octanol–water partition coefficient (Wildman–Crippen LogP) is 2.55. The fraction of sp³-hybridized carbons (Fsp3) is 0.0556. The van der Waals surface area contributed by atoms with E-state index in [1.807, 2.05) is 48.5 Å². The van der Waals surface area contributed by atoms with Crippen molar-refractivity contribution in [2.24, 2.45) is 0 Å². The molecular weight excluding hydrogens is 332 g/mol. The van der Waals surface area contributed by atoms with Crippen molar-refractivity contribution >= 4 is 5.97 Å². The number of H-pyrrole nitrogens is 2. The number of nitrogens with zero attached hydrogens (tertiary/aromatic N) is 4. The lowest BCUT2D eigenvalue weighted by atomic mass is 9.98. The van der Waals surface area contributed by atoms with Crippen molar-refractivity contribution in [2.45, 2.75) is 6.42 Å². The van der Waals surface area contributed by atoms with Crippen molar-refractivity contribution in [1.29, 1.82) is 0 Å². The third-order valence-electron chi connectivity index (χ3n) is 4.01. The lowest BCUT2D eigenvalue weighted by Crippen LogP contribution is -1.97. The molecule has 0 saturated carbocycles. The highest BCUT2D eigenvalue weighted by atomic mass is 16.4. The first kappa shape index (κ1) is 15.7. The highest BCUT2D eigenvalue weighted by Gasteiger charge is 2.11. The molecule has 2 aromatic carbocycles. The summed E-state index contributed by atoms with van der Waals surface area (Å²) in [6.45, 7) is 0. The van der Waals surface area contributed by atoms with E-state index in [9.17, 15) is 4.79 Å². The number of hydrogen-bond donors (Lipinski definition) is 3. The van der Waals surface area contributed by atoms with Gasteiger partial charge in [0.2, 0.25) is 0 Å². The van der Waals surface area contributed by atoms with Crippen LogP contribution in [0.2, 0.25) is 0 Å². The highest BCUT2D eigenvalue weighted by Crippen LogP contribution is 2.29. The lowest BCUT2D eigenvalue weighted by molar-refractivity contribution is 0.0691. The van der Waals surface area contributed by atoms with Crippen LogP contribution in [0.5, 0.6) is 0 Å². The maximum Gasteiger partial charge on any atom is 0.356 e. The Morgan fingerprint density at radius 3 is 2.46 bits per heavy atom. The number of benzene rings is 2. The van der Waals surface area contributed by atoms with Gasteiger partial charge in [0.05, 0.1) is 0 Å². The summed E-state index contributed by atoms with van der Waals surface area (Å²) >= 11 is 0. The molecule has 3 N–H and O–H groups in total. The smallest absolute Gasteiger partial charge is 0.356 e. The molecule has 8 heteroatoms. The summed E-state index contributed by atoms with van der Waals surface area (Å²) in [6.07, 6.45) is 1.93. The van der Waals surface area contributed by atoms with Crippen LogP contribution in [0, 0.1) is 0 Å². The minimum absolute atomic E-state index is 0.0196. The largest absolute Gasteiger partial charge is 0.476 e. The topological polar surface area (TPSA) is 120 Å². The van der Waals surface area contributed by atoms with Gasteiger partial charge in [0, 0.05) is 18.2 Å². The Balaban J connectivity index is 1.60. The molecule has 4 aromatic rings. The number of nitrogens with one attached hydrogen (secondary N) is 2. The summed E-state index contributed by atoms with van der Waals surface area (Å²) < 4.78 is 0. The van der Waals surface area contributed by atoms with E-state index in [0.717, 1.165) is 22.3 Å². The van der Waals surface area contributed by atoms with Gasteiger partial charge in [-0.3, -0.25) is 0 Å². The van der Waals surface area contributed by atoms with Crippen LogP contribution in [0.1, 0.15) is 21.9 Å². The minimum atomic E-state index is -1.04. The van der Waals surface area contributed by atoms with Crippen LogP contribution in [-0.4, -0.2) is 41.7 Å². The van der Waals surface area contributed by atoms with Crippen LogP contribution in [0.15, 0.2) is 54.7 Å². The molecule has 0 bridgehead atoms. The first-order chi connectivity index (χ1) is 12.7. The van der Waals surface area contributed by atoms with E-state index >= 15 is 0 Å². The standard InChI is InChI=1S/C18H14N6O2/c25-18(26)15-10-19-16(20-15)9-11-5-7-12(8-6-11)13-3-1-2-4-14(13)17-21-23-24-22-17/h1-8,10H,9H2,(H,19,20)(H,25,26)(H,21,22,23,24). The molecular formula is C18H14N6O2. The molecule has 0 radical (unpaired) electrons. The molecule has 0 aliphatic rings. The summed E-state index contributed by atoms with van der Waals surface area (Å²) in [5, 5.41) is 23.0. The van der Waals surface area contributed by atoms with Gasteiger partial charge >= 0.3 is 5.97 Å². The molecule has 4 rings (SSSR count). The number of tetrazole rings is 1. The van der Waals surface area contributed by atoms with E-state index in [4.69, 9.17) is 5.11 Å². The van der Waals surface area contributed by atoms with E-state index in [1.165, 1.54) is 6.20 Å². The zero-order chi connectivity index (χ0) is 17.9. The number of aromatic amines is 2. The number of rotatable bonds is 5. The first-order valence-electron chi connectivity index (χ1n) is 7.91. The third-order valence-corrected chi connectivity index (χ3v) is 4.01. The maximum atomic E-state index is 10.9. The Bertz CT molecular complexity index is 1040. The van der Waals surface area contributed by atoms with Crippen LogP contribution in [0.25, 0.3) is 22.5 Å². The SMILES string of the molecule is O=C(O)c1c[nH]c(Cc2ccc(-c3ccccc3-c3nnn[nH]3)cc2)n1. The van der Waals surface area contributed by atoms with Gasteiger partial charge in [-0.05, 0) is 27.1 Å². The Kier molecular flexibility index (Phi) is 3.98. The van der Waals surface area contributed by atoms with Crippen molar-refractivity contribution in [1.82, 2.24) is 30.6 Å². The van der Waals surface area contributed by atoms with Crippen molar-refractivity contribution < 1.29 is 9.90 Å². The molecule has 0 aliphatic carbocycles. The van der Waals surface area contributed by atoms with Crippen LogP contribution < -0.4 is 0 Å². The molecule has 0 spiro atoms. The zero-order valence-electron chi connectivity index (χ0n) is 13.5. The number of hydrogen-bond acceptors (Lipinski definition) is 5. The number of carboxylic acid groups (broad SMARTS) is 1.